The molecule has 0 saturated carbocycles. The molecule has 1 spiro atoms. The highest BCUT2D eigenvalue weighted by molar-refractivity contribution is 5.69. The number of rotatable bonds is 3. The second-order valence-electron chi connectivity index (χ2n) is 6.47. The van der Waals surface area contributed by atoms with E-state index in [0.717, 1.165) is 32.4 Å². The third-order valence-corrected chi connectivity index (χ3v) is 5.16. The van der Waals surface area contributed by atoms with Gasteiger partial charge < -0.3 is 9.84 Å². The van der Waals surface area contributed by atoms with E-state index in [4.69, 9.17) is 9.84 Å². The van der Waals surface area contributed by atoms with Crippen molar-refractivity contribution in [1.82, 2.24) is 4.90 Å². The van der Waals surface area contributed by atoms with Crippen LogP contribution in [0, 0.1) is 6.92 Å². The van der Waals surface area contributed by atoms with Crippen LogP contribution in [0.25, 0.3) is 0 Å². The van der Waals surface area contributed by atoms with Crippen LogP contribution in [-0.2, 0) is 14.9 Å². The average molecular weight is 289 g/mol. The van der Waals surface area contributed by atoms with E-state index in [-0.39, 0.29) is 18.1 Å². The molecule has 1 aromatic carbocycles. The highest BCUT2D eigenvalue weighted by atomic mass is 16.5. The van der Waals surface area contributed by atoms with Crippen LogP contribution < -0.4 is 0 Å². The molecule has 1 N–H and O–H groups in total. The summed E-state index contributed by atoms with van der Waals surface area (Å²) in [5, 5.41) is 8.93. The average Bonchev–Trinajstić information content (AvgIpc) is 2.75. The smallest absolute Gasteiger partial charge is 0.317 e. The normalized spacial score (nSPS) is 24.2. The molecule has 114 valence electrons. The molecule has 1 aliphatic heterocycles. The molecule has 1 aromatic rings. The van der Waals surface area contributed by atoms with Crippen molar-refractivity contribution in [2.45, 2.75) is 37.7 Å². The Bertz CT molecular complexity index is 547. The molecular weight excluding hydrogens is 266 g/mol. The maximum atomic E-state index is 10.9. The minimum atomic E-state index is -0.733. The van der Waals surface area contributed by atoms with Crippen molar-refractivity contribution in [3.63, 3.8) is 0 Å². The van der Waals surface area contributed by atoms with E-state index in [0.29, 0.717) is 0 Å². The Kier molecular flexibility index (Phi) is 3.76. The van der Waals surface area contributed by atoms with E-state index in [1.807, 2.05) is 4.90 Å². The second kappa shape index (κ2) is 5.43. The van der Waals surface area contributed by atoms with E-state index < -0.39 is 5.97 Å². The summed E-state index contributed by atoms with van der Waals surface area (Å²) in [6.45, 7) is 3.99. The van der Waals surface area contributed by atoms with Crippen LogP contribution >= 0.6 is 0 Å². The summed E-state index contributed by atoms with van der Waals surface area (Å²) in [6, 6.07) is 6.70. The van der Waals surface area contributed by atoms with E-state index in [9.17, 15) is 4.79 Å². The number of aryl methyl sites for hydroxylation is 1. The molecule has 21 heavy (non-hydrogen) atoms. The Balaban J connectivity index is 1.83. The maximum Gasteiger partial charge on any atom is 0.317 e. The Labute approximate surface area is 125 Å². The fourth-order valence-electron chi connectivity index (χ4n) is 4.02. The largest absolute Gasteiger partial charge is 0.480 e. The minimum absolute atomic E-state index is 0.157. The first-order chi connectivity index (χ1) is 10.0. The van der Waals surface area contributed by atoms with E-state index in [2.05, 4.69) is 25.1 Å². The number of nitrogens with zero attached hydrogens (tertiary/aromatic N) is 1. The Morgan fingerprint density at radius 1 is 1.43 bits per heavy atom. The zero-order chi connectivity index (χ0) is 15.0. The van der Waals surface area contributed by atoms with Crippen LogP contribution in [0.2, 0.25) is 0 Å². The molecule has 2 aliphatic rings. The number of benzene rings is 1. The molecule has 0 amide bonds. The SMILES string of the molecule is COC1CC2(CCN(CC(=O)O)CC2)c2ccc(C)cc21. The summed E-state index contributed by atoms with van der Waals surface area (Å²) in [6.07, 6.45) is 3.27. The summed E-state index contributed by atoms with van der Waals surface area (Å²) in [5.74, 6) is -0.733. The van der Waals surface area contributed by atoms with E-state index in [1.54, 1.807) is 7.11 Å². The number of carbonyl (C=O) groups is 1. The predicted molar refractivity (Wildman–Crippen MR) is 80.5 cm³/mol. The lowest BCUT2D eigenvalue weighted by Crippen LogP contribution is -2.43. The molecule has 4 nitrogen and oxygen atoms in total. The number of hydrogen-bond acceptors (Lipinski definition) is 3. The topological polar surface area (TPSA) is 49.8 Å². The fraction of sp³-hybridized carbons (Fsp3) is 0.588. The number of likely N-dealkylation sites (tertiary alicyclic amines) is 1. The standard InChI is InChI=1S/C17H23NO3/c1-12-3-4-14-13(9-12)15(21-2)10-17(14)5-7-18(8-6-17)11-16(19)20/h3-4,9,15H,5-8,10-11H2,1-2H3,(H,19,20). The van der Waals surface area contributed by atoms with Crippen molar-refractivity contribution < 1.29 is 14.6 Å². The van der Waals surface area contributed by atoms with Crippen molar-refractivity contribution in [3.05, 3.63) is 34.9 Å². The predicted octanol–water partition coefficient (Wildman–Crippen LogP) is 2.50. The molecule has 1 saturated heterocycles. The van der Waals surface area contributed by atoms with Crippen LogP contribution in [-0.4, -0.2) is 42.7 Å². The fourth-order valence-corrected chi connectivity index (χ4v) is 4.02. The highest BCUT2D eigenvalue weighted by Crippen LogP contribution is 2.51. The molecule has 1 unspecified atom stereocenters. The van der Waals surface area contributed by atoms with Crippen LogP contribution in [0.3, 0.4) is 0 Å². The Morgan fingerprint density at radius 3 is 2.76 bits per heavy atom. The van der Waals surface area contributed by atoms with Gasteiger partial charge in [-0.25, -0.2) is 0 Å². The number of aliphatic carboxylic acids is 1. The van der Waals surface area contributed by atoms with Gasteiger partial charge in [0.15, 0.2) is 0 Å². The monoisotopic (exact) mass is 289 g/mol. The first-order valence-electron chi connectivity index (χ1n) is 7.62. The molecule has 3 rings (SSSR count). The van der Waals surface area contributed by atoms with Gasteiger partial charge in [-0.2, -0.15) is 0 Å². The van der Waals surface area contributed by atoms with Gasteiger partial charge in [0, 0.05) is 12.5 Å². The van der Waals surface area contributed by atoms with Crippen molar-refractivity contribution in [1.29, 1.82) is 0 Å². The summed E-state index contributed by atoms with van der Waals surface area (Å²) >= 11 is 0. The lowest BCUT2D eigenvalue weighted by atomic mass is 9.73. The molecule has 0 aromatic heterocycles. The van der Waals surface area contributed by atoms with Crippen molar-refractivity contribution in [3.8, 4) is 0 Å². The summed E-state index contributed by atoms with van der Waals surface area (Å²) < 4.78 is 5.70. The number of hydrogen-bond donors (Lipinski definition) is 1. The number of carboxylic acid groups (broad SMARTS) is 1. The molecule has 1 atom stereocenters. The van der Waals surface area contributed by atoms with Gasteiger partial charge in [-0.1, -0.05) is 23.8 Å². The second-order valence-corrected chi connectivity index (χ2v) is 6.47. The van der Waals surface area contributed by atoms with Crippen molar-refractivity contribution >= 4 is 5.97 Å². The van der Waals surface area contributed by atoms with Crippen molar-refractivity contribution in [2.24, 2.45) is 0 Å². The van der Waals surface area contributed by atoms with Gasteiger partial charge in [0.1, 0.15) is 0 Å². The van der Waals surface area contributed by atoms with E-state index >= 15 is 0 Å². The summed E-state index contributed by atoms with van der Waals surface area (Å²) in [5.41, 5.74) is 4.22. The molecule has 0 bridgehead atoms. The first-order valence-corrected chi connectivity index (χ1v) is 7.62. The quantitative estimate of drug-likeness (QED) is 0.929. The third kappa shape index (κ3) is 2.58. The number of carboxylic acids is 1. The minimum Gasteiger partial charge on any atom is -0.480 e. The summed E-state index contributed by atoms with van der Waals surface area (Å²) in [7, 11) is 1.79. The van der Waals surface area contributed by atoms with Gasteiger partial charge in [-0.3, -0.25) is 9.69 Å². The van der Waals surface area contributed by atoms with Crippen LogP contribution in [0.15, 0.2) is 18.2 Å². The molecular formula is C17H23NO3. The third-order valence-electron chi connectivity index (χ3n) is 5.16. The molecule has 0 radical (unpaired) electrons. The molecule has 4 heteroatoms. The number of ether oxygens (including phenoxy) is 1. The molecule has 1 aliphatic carbocycles. The van der Waals surface area contributed by atoms with Gasteiger partial charge >= 0.3 is 5.97 Å². The van der Waals surface area contributed by atoms with Crippen LogP contribution in [0.5, 0.6) is 0 Å². The zero-order valence-corrected chi connectivity index (χ0v) is 12.8. The van der Waals surface area contributed by atoms with Crippen LogP contribution in [0.1, 0.15) is 42.1 Å². The zero-order valence-electron chi connectivity index (χ0n) is 12.8. The lowest BCUT2D eigenvalue weighted by Gasteiger charge is -2.39. The number of fused-ring (bicyclic) bond motifs is 2. The van der Waals surface area contributed by atoms with Gasteiger partial charge in [0.25, 0.3) is 0 Å². The van der Waals surface area contributed by atoms with Gasteiger partial charge in [-0.15, -0.1) is 0 Å². The van der Waals surface area contributed by atoms with Crippen LogP contribution in [0.4, 0.5) is 0 Å². The number of piperidine rings is 1. The van der Waals surface area contributed by atoms with Gasteiger partial charge in [0.05, 0.1) is 12.6 Å². The van der Waals surface area contributed by atoms with Gasteiger partial charge in [-0.05, 0) is 50.4 Å². The Hall–Kier alpha value is -1.39. The number of methoxy groups -OCH3 is 1. The Morgan fingerprint density at radius 2 is 2.14 bits per heavy atom. The maximum absolute atomic E-state index is 10.9. The molecule has 1 heterocycles. The lowest BCUT2D eigenvalue weighted by molar-refractivity contribution is -0.138. The highest BCUT2D eigenvalue weighted by Gasteiger charge is 2.45. The van der Waals surface area contributed by atoms with Gasteiger partial charge in [0.2, 0.25) is 0 Å². The summed E-state index contributed by atoms with van der Waals surface area (Å²) in [4.78, 5) is 12.9. The first kappa shape index (κ1) is 14.5. The molecule has 1 fully saturated rings. The van der Waals surface area contributed by atoms with E-state index in [1.165, 1.54) is 16.7 Å². The van der Waals surface area contributed by atoms with Crippen molar-refractivity contribution in [2.75, 3.05) is 26.7 Å².